The van der Waals surface area contributed by atoms with Gasteiger partial charge in [-0.25, -0.2) is 0 Å². The first-order valence-electron chi connectivity index (χ1n) is 7.22. The van der Waals surface area contributed by atoms with Crippen molar-refractivity contribution in [3.63, 3.8) is 0 Å². The number of hydrogen-bond acceptors (Lipinski definition) is 2. The molecule has 2 nitrogen and oxygen atoms in total. The maximum absolute atomic E-state index is 6.22. The highest BCUT2D eigenvalue weighted by Crippen LogP contribution is 2.36. The third-order valence-corrected chi connectivity index (χ3v) is 8.64. The van der Waals surface area contributed by atoms with Crippen LogP contribution in [0.15, 0.2) is 18.3 Å². The molecule has 0 aromatic carbocycles. The molecule has 1 heterocycles. The van der Waals surface area contributed by atoms with Crippen molar-refractivity contribution in [2.45, 2.75) is 65.1 Å². The van der Waals surface area contributed by atoms with Crippen molar-refractivity contribution < 1.29 is 4.43 Å². The Labute approximate surface area is 119 Å². The van der Waals surface area contributed by atoms with Crippen molar-refractivity contribution in [2.24, 2.45) is 0 Å². The van der Waals surface area contributed by atoms with Crippen molar-refractivity contribution in [1.29, 1.82) is 0 Å². The van der Waals surface area contributed by atoms with Gasteiger partial charge in [-0.05, 0) is 48.2 Å². The van der Waals surface area contributed by atoms with Crippen LogP contribution in [-0.2, 0) is 10.8 Å². The highest BCUT2D eigenvalue weighted by atomic mass is 28.4. The molecular formula is C16H29NOSi. The lowest BCUT2D eigenvalue weighted by atomic mass is 10.1. The van der Waals surface area contributed by atoms with E-state index in [0.29, 0.717) is 5.92 Å². The Morgan fingerprint density at radius 1 is 1.26 bits per heavy atom. The molecular weight excluding hydrogens is 250 g/mol. The molecule has 0 spiro atoms. The fraction of sp³-hybridized carbons (Fsp3) is 0.688. The van der Waals surface area contributed by atoms with Crippen molar-refractivity contribution in [3.05, 3.63) is 29.6 Å². The van der Waals surface area contributed by atoms with E-state index in [9.17, 15) is 0 Å². The summed E-state index contributed by atoms with van der Waals surface area (Å²) in [6.45, 7) is 16.6. The summed E-state index contributed by atoms with van der Waals surface area (Å²) in [5.74, 6) is 0.487. The molecule has 0 aliphatic carbocycles. The SMILES string of the molecule is CC(C)c1cc(CCO[Si](C)(C)C(C)(C)C)ccn1. The van der Waals surface area contributed by atoms with Gasteiger partial charge in [0.15, 0.2) is 8.32 Å². The largest absolute Gasteiger partial charge is 0.416 e. The maximum atomic E-state index is 6.22. The lowest BCUT2D eigenvalue weighted by Crippen LogP contribution is -2.41. The molecule has 0 amide bonds. The van der Waals surface area contributed by atoms with E-state index in [0.717, 1.165) is 13.0 Å². The summed E-state index contributed by atoms with van der Waals surface area (Å²) in [6, 6.07) is 4.31. The van der Waals surface area contributed by atoms with Crippen molar-refractivity contribution in [1.82, 2.24) is 4.98 Å². The zero-order chi connectivity index (χ0) is 14.7. The Morgan fingerprint density at radius 3 is 2.42 bits per heavy atom. The molecule has 0 radical (unpaired) electrons. The Morgan fingerprint density at radius 2 is 1.89 bits per heavy atom. The molecule has 1 rings (SSSR count). The average Bonchev–Trinajstić information content (AvgIpc) is 2.27. The van der Waals surface area contributed by atoms with Crippen LogP contribution in [0.3, 0.4) is 0 Å². The predicted octanol–water partition coefficient (Wildman–Crippen LogP) is 4.77. The molecule has 0 aliphatic rings. The summed E-state index contributed by atoms with van der Waals surface area (Å²) in [5.41, 5.74) is 2.50. The van der Waals surface area contributed by atoms with Gasteiger partial charge in [0.2, 0.25) is 0 Å². The van der Waals surface area contributed by atoms with Gasteiger partial charge in [-0.1, -0.05) is 34.6 Å². The van der Waals surface area contributed by atoms with E-state index in [1.807, 2.05) is 6.20 Å². The highest BCUT2D eigenvalue weighted by Gasteiger charge is 2.36. The fourth-order valence-corrected chi connectivity index (χ4v) is 2.65. The van der Waals surface area contributed by atoms with Gasteiger partial charge in [-0.15, -0.1) is 0 Å². The first-order valence-corrected chi connectivity index (χ1v) is 10.1. The zero-order valence-corrected chi connectivity index (χ0v) is 14.6. The van der Waals surface area contributed by atoms with Gasteiger partial charge in [0.25, 0.3) is 0 Å². The Hall–Kier alpha value is -0.673. The summed E-state index contributed by atoms with van der Waals surface area (Å²) in [7, 11) is -1.61. The number of pyridine rings is 1. The Balaban J connectivity index is 2.57. The van der Waals surface area contributed by atoms with Crippen LogP contribution in [0.2, 0.25) is 18.1 Å². The molecule has 0 unspecified atom stereocenters. The van der Waals surface area contributed by atoms with Gasteiger partial charge >= 0.3 is 0 Å². The summed E-state index contributed by atoms with van der Waals surface area (Å²) >= 11 is 0. The minimum absolute atomic E-state index is 0.286. The van der Waals surface area contributed by atoms with E-state index in [1.165, 1.54) is 11.3 Å². The Kier molecular flexibility index (Phi) is 5.33. The molecule has 1 aromatic heterocycles. The summed E-state index contributed by atoms with van der Waals surface area (Å²) in [5, 5.41) is 0.286. The van der Waals surface area contributed by atoms with Gasteiger partial charge in [-0.2, -0.15) is 0 Å². The number of rotatable bonds is 5. The summed E-state index contributed by atoms with van der Waals surface area (Å²) < 4.78 is 6.22. The normalized spacial score (nSPS) is 13.1. The van der Waals surface area contributed by atoms with Crippen LogP contribution < -0.4 is 0 Å². The van der Waals surface area contributed by atoms with Crippen LogP contribution in [0.5, 0.6) is 0 Å². The molecule has 0 N–H and O–H groups in total. The van der Waals surface area contributed by atoms with E-state index in [-0.39, 0.29) is 5.04 Å². The molecule has 1 aromatic rings. The number of nitrogens with zero attached hydrogens (tertiary/aromatic N) is 1. The lowest BCUT2D eigenvalue weighted by Gasteiger charge is -2.36. The number of hydrogen-bond donors (Lipinski definition) is 0. The van der Waals surface area contributed by atoms with Crippen LogP contribution in [0, 0.1) is 0 Å². The predicted molar refractivity (Wildman–Crippen MR) is 85.2 cm³/mol. The first-order chi connectivity index (χ1) is 8.63. The molecule has 19 heavy (non-hydrogen) atoms. The van der Waals surface area contributed by atoms with Crippen molar-refractivity contribution >= 4 is 8.32 Å². The van der Waals surface area contributed by atoms with Crippen LogP contribution in [0.4, 0.5) is 0 Å². The lowest BCUT2D eigenvalue weighted by molar-refractivity contribution is 0.292. The van der Waals surface area contributed by atoms with Crippen LogP contribution in [-0.4, -0.2) is 19.9 Å². The zero-order valence-electron chi connectivity index (χ0n) is 13.6. The molecule has 0 fully saturated rings. The van der Waals surface area contributed by atoms with E-state index >= 15 is 0 Å². The van der Waals surface area contributed by atoms with Gasteiger partial charge in [0, 0.05) is 18.5 Å². The third-order valence-electron chi connectivity index (χ3n) is 4.10. The highest BCUT2D eigenvalue weighted by molar-refractivity contribution is 6.74. The van der Waals surface area contributed by atoms with Crippen molar-refractivity contribution in [2.75, 3.05) is 6.61 Å². The smallest absolute Gasteiger partial charge is 0.191 e. The van der Waals surface area contributed by atoms with Crippen LogP contribution in [0.1, 0.15) is 51.8 Å². The standard InChI is InChI=1S/C16H29NOSi/c1-13(2)15-12-14(8-10-17-15)9-11-18-19(6,7)16(3,4)5/h8,10,12-13H,9,11H2,1-7H3. The fourth-order valence-electron chi connectivity index (χ4n) is 1.61. The quantitative estimate of drug-likeness (QED) is 0.724. The topological polar surface area (TPSA) is 22.1 Å². The Bertz CT molecular complexity index is 407. The minimum Gasteiger partial charge on any atom is -0.416 e. The van der Waals surface area contributed by atoms with E-state index < -0.39 is 8.32 Å². The average molecular weight is 279 g/mol. The summed E-state index contributed by atoms with van der Waals surface area (Å²) in [6.07, 6.45) is 2.89. The minimum atomic E-state index is -1.61. The van der Waals surface area contributed by atoms with E-state index in [2.05, 4.69) is 64.8 Å². The van der Waals surface area contributed by atoms with E-state index in [4.69, 9.17) is 4.43 Å². The monoisotopic (exact) mass is 279 g/mol. The second-order valence-corrected chi connectivity index (χ2v) is 11.9. The third kappa shape index (κ3) is 4.73. The number of aromatic nitrogens is 1. The van der Waals surface area contributed by atoms with Gasteiger partial charge < -0.3 is 4.43 Å². The molecule has 3 heteroatoms. The van der Waals surface area contributed by atoms with Gasteiger partial charge in [0.05, 0.1) is 0 Å². The molecule has 108 valence electrons. The second-order valence-electron chi connectivity index (χ2n) is 7.10. The van der Waals surface area contributed by atoms with Crippen molar-refractivity contribution in [3.8, 4) is 0 Å². The van der Waals surface area contributed by atoms with E-state index in [1.54, 1.807) is 0 Å². The van der Waals surface area contributed by atoms with Gasteiger partial charge in [0.1, 0.15) is 0 Å². The first kappa shape index (κ1) is 16.4. The molecule has 0 saturated carbocycles. The molecule has 0 saturated heterocycles. The molecule has 0 aliphatic heterocycles. The maximum Gasteiger partial charge on any atom is 0.191 e. The van der Waals surface area contributed by atoms with Gasteiger partial charge in [-0.3, -0.25) is 4.98 Å². The van der Waals surface area contributed by atoms with Crippen LogP contribution in [0.25, 0.3) is 0 Å². The molecule has 0 atom stereocenters. The molecule has 0 bridgehead atoms. The second kappa shape index (κ2) is 6.19. The van der Waals surface area contributed by atoms with Crippen LogP contribution >= 0.6 is 0 Å². The summed E-state index contributed by atoms with van der Waals surface area (Å²) in [4.78, 5) is 4.40.